The lowest BCUT2D eigenvalue weighted by atomic mass is 10.0. The smallest absolute Gasteiger partial charge is 0.354 e. The maximum Gasteiger partial charge on any atom is 0.354 e. The van der Waals surface area contributed by atoms with Crippen LogP contribution in [-0.2, 0) is 6.42 Å². The van der Waals surface area contributed by atoms with Crippen LogP contribution in [0.5, 0.6) is 5.75 Å². The molecule has 2 rings (SSSR count). The van der Waals surface area contributed by atoms with Crippen LogP contribution in [0.1, 0.15) is 34.1 Å². The number of hydrogen-bond acceptors (Lipinski definition) is 4. The van der Waals surface area contributed by atoms with E-state index in [9.17, 15) is 9.90 Å². The monoisotopic (exact) mass is 256 g/mol. The van der Waals surface area contributed by atoms with Gasteiger partial charge in [0.05, 0.1) is 11.1 Å². The lowest BCUT2D eigenvalue weighted by Crippen LogP contribution is -2.05. The van der Waals surface area contributed by atoms with Gasteiger partial charge in [-0.15, -0.1) is 0 Å². The highest BCUT2D eigenvalue weighted by Gasteiger charge is 2.18. The average molecular weight is 256 g/mol. The van der Waals surface area contributed by atoms with Crippen molar-refractivity contribution in [2.45, 2.75) is 20.3 Å². The van der Waals surface area contributed by atoms with Gasteiger partial charge in [-0.05, 0) is 31.0 Å². The van der Waals surface area contributed by atoms with Crippen LogP contribution < -0.4 is 0 Å². The van der Waals surface area contributed by atoms with E-state index in [4.69, 9.17) is 10.4 Å². The number of fused-ring (bicyclic) bond motifs is 1. The molecule has 5 nitrogen and oxygen atoms in total. The highest BCUT2D eigenvalue weighted by Crippen LogP contribution is 2.32. The van der Waals surface area contributed by atoms with Crippen molar-refractivity contribution in [3.05, 3.63) is 34.5 Å². The predicted molar refractivity (Wildman–Crippen MR) is 69.2 cm³/mol. The number of carboxylic acid groups (broad SMARTS) is 1. The second-order valence-electron chi connectivity index (χ2n) is 4.24. The van der Waals surface area contributed by atoms with Crippen LogP contribution in [0, 0.1) is 18.3 Å². The predicted octanol–water partition coefficient (Wildman–Crippen LogP) is 2.38. The van der Waals surface area contributed by atoms with Gasteiger partial charge in [-0.1, -0.05) is 6.92 Å². The van der Waals surface area contributed by atoms with Crippen molar-refractivity contribution in [3.63, 3.8) is 0 Å². The molecular weight excluding hydrogens is 244 g/mol. The SMILES string of the molecule is CCc1cc(C#N)c2nc(C(=O)O)c(C)c(O)c2c1. The van der Waals surface area contributed by atoms with Crippen LogP contribution in [0.25, 0.3) is 10.9 Å². The zero-order valence-electron chi connectivity index (χ0n) is 10.6. The minimum absolute atomic E-state index is 0.130. The number of carbonyl (C=O) groups is 1. The second-order valence-corrected chi connectivity index (χ2v) is 4.24. The summed E-state index contributed by atoms with van der Waals surface area (Å²) in [4.78, 5) is 15.1. The van der Waals surface area contributed by atoms with Crippen molar-refractivity contribution in [1.82, 2.24) is 4.98 Å². The molecule has 0 aliphatic heterocycles. The highest BCUT2D eigenvalue weighted by atomic mass is 16.4. The fourth-order valence-electron chi connectivity index (χ4n) is 2.00. The summed E-state index contributed by atoms with van der Waals surface area (Å²) in [5, 5.41) is 28.7. The number of aromatic carboxylic acids is 1. The Kier molecular flexibility index (Phi) is 3.09. The zero-order valence-corrected chi connectivity index (χ0v) is 10.6. The van der Waals surface area contributed by atoms with Crippen LogP contribution in [-0.4, -0.2) is 21.2 Å². The molecule has 0 unspecified atom stereocenters. The Balaban J connectivity index is 2.96. The molecule has 0 spiro atoms. The van der Waals surface area contributed by atoms with Gasteiger partial charge in [-0.25, -0.2) is 9.78 Å². The molecule has 0 atom stereocenters. The number of carboxylic acids is 1. The fourth-order valence-corrected chi connectivity index (χ4v) is 2.00. The van der Waals surface area contributed by atoms with Crippen molar-refractivity contribution in [1.29, 1.82) is 5.26 Å². The molecule has 1 aromatic carbocycles. The van der Waals surface area contributed by atoms with Crippen molar-refractivity contribution >= 4 is 16.9 Å². The van der Waals surface area contributed by atoms with Crippen LogP contribution in [0.4, 0.5) is 0 Å². The third-order valence-corrected chi connectivity index (χ3v) is 3.09. The van der Waals surface area contributed by atoms with Crippen molar-refractivity contribution in [3.8, 4) is 11.8 Å². The number of rotatable bonds is 2. The van der Waals surface area contributed by atoms with E-state index in [0.717, 1.165) is 5.56 Å². The molecule has 1 aromatic heterocycles. The molecule has 0 radical (unpaired) electrons. The third-order valence-electron chi connectivity index (χ3n) is 3.09. The first kappa shape index (κ1) is 12.8. The zero-order chi connectivity index (χ0) is 14.2. The molecule has 0 saturated heterocycles. The fraction of sp³-hybridized carbons (Fsp3) is 0.214. The number of nitriles is 1. The summed E-state index contributed by atoms with van der Waals surface area (Å²) in [6, 6.07) is 5.39. The van der Waals surface area contributed by atoms with Gasteiger partial charge in [0.25, 0.3) is 0 Å². The molecule has 1 heterocycles. The number of benzene rings is 1. The van der Waals surface area contributed by atoms with Crippen molar-refractivity contribution < 1.29 is 15.0 Å². The van der Waals surface area contributed by atoms with Gasteiger partial charge in [0.1, 0.15) is 11.8 Å². The maximum atomic E-state index is 11.1. The molecule has 2 N–H and O–H groups in total. The van der Waals surface area contributed by atoms with E-state index in [0.29, 0.717) is 11.8 Å². The Bertz CT molecular complexity index is 730. The quantitative estimate of drug-likeness (QED) is 0.860. The van der Waals surface area contributed by atoms with E-state index in [1.54, 1.807) is 12.1 Å². The molecule has 0 saturated carbocycles. The topological polar surface area (TPSA) is 94.2 Å². The number of nitrogens with zero attached hydrogens (tertiary/aromatic N) is 2. The minimum Gasteiger partial charge on any atom is -0.507 e. The minimum atomic E-state index is -1.22. The molecule has 2 aromatic rings. The van der Waals surface area contributed by atoms with Gasteiger partial charge in [0.2, 0.25) is 0 Å². The maximum absolute atomic E-state index is 11.1. The third kappa shape index (κ3) is 1.97. The molecule has 5 heteroatoms. The second kappa shape index (κ2) is 4.58. The van der Waals surface area contributed by atoms with Crippen molar-refractivity contribution in [2.75, 3.05) is 0 Å². The van der Waals surface area contributed by atoms with Crippen molar-refractivity contribution in [2.24, 2.45) is 0 Å². The van der Waals surface area contributed by atoms with Gasteiger partial charge in [-0.2, -0.15) is 5.26 Å². The van der Waals surface area contributed by atoms with Gasteiger partial charge < -0.3 is 10.2 Å². The van der Waals surface area contributed by atoms with Gasteiger partial charge in [0, 0.05) is 10.9 Å². The standard InChI is InChI=1S/C14H12N2O3/c1-3-8-4-9(6-15)12-10(5-8)13(17)7(2)11(16-12)14(18)19/h4-5H,3H2,1-2H3,(H,16,17)(H,18,19). The van der Waals surface area contributed by atoms with Crippen LogP contribution in [0.2, 0.25) is 0 Å². The highest BCUT2D eigenvalue weighted by molar-refractivity contribution is 5.97. The van der Waals surface area contributed by atoms with Crippen LogP contribution in [0.15, 0.2) is 12.1 Å². The molecular formula is C14H12N2O3. The number of aromatic nitrogens is 1. The number of pyridine rings is 1. The van der Waals surface area contributed by atoms with E-state index in [1.807, 2.05) is 13.0 Å². The van der Waals surface area contributed by atoms with E-state index in [1.165, 1.54) is 6.92 Å². The lowest BCUT2D eigenvalue weighted by Gasteiger charge is -2.10. The summed E-state index contributed by atoms with van der Waals surface area (Å²) in [5.74, 6) is -1.35. The lowest BCUT2D eigenvalue weighted by molar-refractivity contribution is 0.0689. The Morgan fingerprint density at radius 3 is 2.68 bits per heavy atom. The number of hydrogen-bond donors (Lipinski definition) is 2. The Morgan fingerprint density at radius 2 is 2.16 bits per heavy atom. The Hall–Kier alpha value is -2.61. The summed E-state index contributed by atoms with van der Waals surface area (Å²) >= 11 is 0. The summed E-state index contributed by atoms with van der Waals surface area (Å²) in [6.45, 7) is 3.43. The summed E-state index contributed by atoms with van der Waals surface area (Å²) in [7, 11) is 0. The molecule has 0 bridgehead atoms. The molecule has 0 aliphatic carbocycles. The number of aromatic hydroxyl groups is 1. The van der Waals surface area contributed by atoms with Gasteiger partial charge in [-0.3, -0.25) is 0 Å². The summed E-state index contributed by atoms with van der Waals surface area (Å²) < 4.78 is 0. The molecule has 96 valence electrons. The summed E-state index contributed by atoms with van der Waals surface area (Å²) in [6.07, 6.45) is 0.712. The van der Waals surface area contributed by atoms with E-state index >= 15 is 0 Å². The van der Waals surface area contributed by atoms with Gasteiger partial charge >= 0.3 is 5.97 Å². The first-order valence-electron chi connectivity index (χ1n) is 5.79. The van der Waals surface area contributed by atoms with Crippen LogP contribution >= 0.6 is 0 Å². The normalized spacial score (nSPS) is 10.4. The van der Waals surface area contributed by atoms with E-state index in [-0.39, 0.29) is 28.1 Å². The first-order valence-corrected chi connectivity index (χ1v) is 5.79. The Labute approximate surface area is 109 Å². The van der Waals surface area contributed by atoms with E-state index in [2.05, 4.69) is 4.98 Å². The van der Waals surface area contributed by atoms with Gasteiger partial charge in [0.15, 0.2) is 5.69 Å². The molecule has 19 heavy (non-hydrogen) atoms. The largest absolute Gasteiger partial charge is 0.507 e. The molecule has 0 aliphatic rings. The average Bonchev–Trinajstić information content (AvgIpc) is 2.41. The first-order chi connectivity index (χ1) is 8.99. The van der Waals surface area contributed by atoms with Crippen LogP contribution in [0.3, 0.4) is 0 Å². The number of aryl methyl sites for hydroxylation is 1. The molecule has 0 fully saturated rings. The van der Waals surface area contributed by atoms with E-state index < -0.39 is 5.97 Å². The summed E-state index contributed by atoms with van der Waals surface area (Å²) in [5.41, 5.74) is 1.36. The molecule has 0 amide bonds. The Morgan fingerprint density at radius 1 is 1.47 bits per heavy atom.